The molecule has 1 aromatic carbocycles. The first-order valence-corrected chi connectivity index (χ1v) is 15.5. The molecule has 3 nitrogen and oxygen atoms in total. The van der Waals surface area contributed by atoms with E-state index in [4.69, 9.17) is 0 Å². The van der Waals surface area contributed by atoms with E-state index in [1.807, 2.05) is 0 Å². The van der Waals surface area contributed by atoms with Crippen molar-refractivity contribution in [2.45, 2.75) is 87.5 Å². The molecule has 0 fully saturated rings. The van der Waals surface area contributed by atoms with Crippen LogP contribution in [0, 0.1) is 10.8 Å². The van der Waals surface area contributed by atoms with E-state index < -0.39 is 17.5 Å². The van der Waals surface area contributed by atoms with Gasteiger partial charge in [0.1, 0.15) is 0 Å². The van der Waals surface area contributed by atoms with Gasteiger partial charge in [0.05, 0.1) is 8.24 Å². The fraction of sp³-hybridized carbons (Fsp3) is 0.739. The molecule has 1 aliphatic rings. The van der Waals surface area contributed by atoms with Crippen molar-refractivity contribution in [3.8, 4) is 0 Å². The van der Waals surface area contributed by atoms with Crippen LogP contribution in [-0.4, -0.2) is 40.4 Å². The largest absolute Gasteiger partial charge is 1.00 e. The third-order valence-electron chi connectivity index (χ3n) is 4.75. The Morgan fingerprint density at radius 1 is 0.759 bits per heavy atom. The molecule has 0 spiro atoms. The molecule has 0 radical (unpaired) electrons. The Balaban J connectivity index is 0.00000420. The zero-order valence-corrected chi connectivity index (χ0v) is 23.6. The zero-order chi connectivity index (χ0) is 21.7. The number of hydrogen-bond donors (Lipinski definition) is 0. The summed E-state index contributed by atoms with van der Waals surface area (Å²) >= 11 is 0. The van der Waals surface area contributed by atoms with E-state index >= 15 is 0 Å². The van der Waals surface area contributed by atoms with Crippen LogP contribution in [0.5, 0.6) is 0 Å². The maximum atomic E-state index is 2.95. The Kier molecular flexibility index (Phi) is 8.10. The quantitative estimate of drug-likeness (QED) is 0.685. The standard InChI is InChI=1S/C23H44N3Si2.Li/c1-21(2,3)17-24-19-15-13-14-16-20(19)25(18-22(4,5)6)27(24)26(23(7,8)9)28(10,11)12;/h13-16H,17-18H2,1-12H3;/q-1;+1. The number of nitrogens with zero attached hydrogens (tertiary/aromatic N) is 3. The number of para-hydroxylation sites is 2. The second kappa shape index (κ2) is 8.75. The van der Waals surface area contributed by atoms with E-state index in [-0.39, 0.29) is 35.2 Å². The molecule has 1 aromatic rings. The van der Waals surface area contributed by atoms with Crippen molar-refractivity contribution in [1.82, 2.24) is 4.23 Å². The molecule has 0 N–H and O–H groups in total. The van der Waals surface area contributed by atoms with Crippen LogP contribution in [0.25, 0.3) is 0 Å². The molecule has 0 unspecified atom stereocenters. The second-order valence-corrected chi connectivity index (χ2v) is 20.1. The van der Waals surface area contributed by atoms with Gasteiger partial charge in [0.15, 0.2) is 0 Å². The normalized spacial score (nSPS) is 16.3. The van der Waals surface area contributed by atoms with Crippen molar-refractivity contribution in [1.29, 1.82) is 0 Å². The molecule has 160 valence electrons. The molecule has 1 heterocycles. The van der Waals surface area contributed by atoms with Gasteiger partial charge in [-0.1, -0.05) is 94.1 Å². The van der Waals surface area contributed by atoms with Crippen LogP contribution in [0.2, 0.25) is 19.6 Å². The zero-order valence-electron chi connectivity index (χ0n) is 21.6. The van der Waals surface area contributed by atoms with E-state index in [1.54, 1.807) is 0 Å². The molecule has 2 rings (SSSR count). The molecule has 0 atom stereocenters. The molecule has 6 heteroatoms. The van der Waals surface area contributed by atoms with Gasteiger partial charge in [-0.3, -0.25) is 0 Å². The minimum absolute atomic E-state index is 0. The van der Waals surface area contributed by atoms with Crippen LogP contribution < -0.4 is 28.0 Å². The molecule has 1 aliphatic heterocycles. The van der Waals surface area contributed by atoms with Crippen LogP contribution in [-0.2, 0) is 0 Å². The Bertz CT molecular complexity index is 624. The van der Waals surface area contributed by atoms with Gasteiger partial charge >= 0.3 is 18.9 Å². The van der Waals surface area contributed by atoms with Crippen molar-refractivity contribution in [3.05, 3.63) is 24.3 Å². The van der Waals surface area contributed by atoms with E-state index in [9.17, 15) is 0 Å². The van der Waals surface area contributed by atoms with Crippen LogP contribution in [0.15, 0.2) is 24.3 Å². The number of fused-ring (bicyclic) bond motifs is 1. The molecule has 0 saturated carbocycles. The monoisotopic (exact) mass is 425 g/mol. The maximum Gasteiger partial charge on any atom is 1.00 e. The van der Waals surface area contributed by atoms with Gasteiger partial charge in [0.2, 0.25) is 0 Å². The van der Waals surface area contributed by atoms with Gasteiger partial charge in [-0.05, 0) is 41.6 Å². The summed E-state index contributed by atoms with van der Waals surface area (Å²) in [6.07, 6.45) is 0. The molecular weight excluding hydrogens is 381 g/mol. The Morgan fingerprint density at radius 3 is 1.34 bits per heavy atom. The predicted octanol–water partition coefficient (Wildman–Crippen LogP) is 3.33. The predicted molar refractivity (Wildman–Crippen MR) is 131 cm³/mol. The summed E-state index contributed by atoms with van der Waals surface area (Å²) in [5.41, 5.74) is 3.52. The molecule has 0 bridgehead atoms. The average Bonchev–Trinajstić information content (AvgIpc) is 2.68. The SMILES string of the molecule is CC(C)(C)CN1c2ccccc2N(CC(C)(C)C)[Si-]1N(C(C)(C)C)[Si](C)(C)C.[Li+]. The fourth-order valence-corrected chi connectivity index (χ4v) is 12.9. The van der Waals surface area contributed by atoms with Gasteiger partial charge in [0.25, 0.3) is 0 Å². The summed E-state index contributed by atoms with van der Waals surface area (Å²) in [5.74, 6) is 0. The van der Waals surface area contributed by atoms with Crippen LogP contribution in [0.4, 0.5) is 11.4 Å². The third kappa shape index (κ3) is 6.64. The Labute approximate surface area is 196 Å². The summed E-state index contributed by atoms with van der Waals surface area (Å²) in [6.45, 7) is 31.2. The number of rotatable bonds is 4. The van der Waals surface area contributed by atoms with Crippen molar-refractivity contribution in [2.75, 3.05) is 22.2 Å². The smallest absolute Gasteiger partial charge is 0.511 e. The summed E-state index contributed by atoms with van der Waals surface area (Å²) in [6, 6.07) is 9.12. The van der Waals surface area contributed by atoms with Crippen LogP contribution in [0.3, 0.4) is 0 Å². The first-order chi connectivity index (χ1) is 12.4. The van der Waals surface area contributed by atoms with Gasteiger partial charge in [-0.15, -0.1) is 0 Å². The van der Waals surface area contributed by atoms with Gasteiger partial charge in [-0.2, -0.15) is 0 Å². The van der Waals surface area contributed by atoms with Crippen LogP contribution >= 0.6 is 0 Å². The number of hydrogen-bond acceptors (Lipinski definition) is 3. The Morgan fingerprint density at radius 2 is 1.10 bits per heavy atom. The van der Waals surface area contributed by atoms with Gasteiger partial charge < -0.3 is 13.4 Å². The van der Waals surface area contributed by atoms with Crippen molar-refractivity contribution >= 4 is 28.9 Å². The van der Waals surface area contributed by atoms with E-state index in [0.717, 1.165) is 13.1 Å². The van der Waals surface area contributed by atoms with Crippen molar-refractivity contribution < 1.29 is 18.9 Å². The van der Waals surface area contributed by atoms with Crippen molar-refractivity contribution in [2.24, 2.45) is 10.8 Å². The van der Waals surface area contributed by atoms with Crippen molar-refractivity contribution in [3.63, 3.8) is 0 Å². The average molecular weight is 426 g/mol. The molecule has 0 aromatic heterocycles. The number of anilines is 2. The topological polar surface area (TPSA) is 9.72 Å². The number of benzene rings is 1. The molecular formula is C23H44LiN3Si2. The molecule has 0 amide bonds. The van der Waals surface area contributed by atoms with Crippen LogP contribution in [0.1, 0.15) is 62.3 Å². The van der Waals surface area contributed by atoms with Gasteiger partial charge in [0, 0.05) is 20.7 Å². The van der Waals surface area contributed by atoms with E-state index in [1.165, 1.54) is 11.4 Å². The Hall–Kier alpha value is -0.189. The summed E-state index contributed by atoms with van der Waals surface area (Å²) < 4.78 is 8.52. The fourth-order valence-electron chi connectivity index (χ4n) is 4.39. The third-order valence-corrected chi connectivity index (χ3v) is 12.2. The minimum Gasteiger partial charge on any atom is -0.511 e. The summed E-state index contributed by atoms with van der Waals surface area (Å²) in [5, 5.41) is 0. The second-order valence-electron chi connectivity index (χ2n) is 12.8. The molecule has 0 aliphatic carbocycles. The van der Waals surface area contributed by atoms with E-state index in [0.29, 0.717) is 0 Å². The summed E-state index contributed by atoms with van der Waals surface area (Å²) in [4.78, 5) is 0. The maximum absolute atomic E-state index is 2.95. The summed E-state index contributed by atoms with van der Waals surface area (Å²) in [7, 11) is -2.67. The first-order valence-electron chi connectivity index (χ1n) is 10.7. The van der Waals surface area contributed by atoms with E-state index in [2.05, 4.69) is 120 Å². The van der Waals surface area contributed by atoms with Gasteiger partial charge in [-0.25, -0.2) is 0 Å². The minimum atomic E-state index is -1.57. The first kappa shape index (κ1) is 26.8. The molecule has 0 saturated heterocycles. The molecule has 29 heavy (non-hydrogen) atoms.